The number of aromatic nitrogens is 1. The molecule has 17 heavy (non-hydrogen) atoms. The number of pyridine rings is 1. The van der Waals surface area contributed by atoms with Crippen LogP contribution in [-0.2, 0) is 6.42 Å². The lowest BCUT2D eigenvalue weighted by Crippen LogP contribution is -1.97. The highest BCUT2D eigenvalue weighted by molar-refractivity contribution is 6.20. The third-order valence-corrected chi connectivity index (χ3v) is 3.46. The van der Waals surface area contributed by atoms with Crippen LogP contribution in [0.3, 0.4) is 0 Å². The molecule has 2 rings (SSSR count). The molecular formula is C15H16ClN. The topological polar surface area (TPSA) is 12.9 Å². The number of nitrogens with zero attached hydrogens (tertiary/aromatic N) is 1. The highest BCUT2D eigenvalue weighted by Gasteiger charge is 2.09. The standard InChI is InChI=1S/C15H16ClN/c1-11-3-4-14(9-12(11)2)15(16)10-13-5-7-17-8-6-13/h3-9,15H,10H2,1-2H3. The second-order valence-corrected chi connectivity index (χ2v) is 4.90. The highest BCUT2D eigenvalue weighted by atomic mass is 35.5. The highest BCUT2D eigenvalue weighted by Crippen LogP contribution is 2.26. The maximum Gasteiger partial charge on any atom is 0.0625 e. The quantitative estimate of drug-likeness (QED) is 0.738. The number of alkyl halides is 1. The van der Waals surface area contributed by atoms with Crippen LogP contribution < -0.4 is 0 Å². The normalized spacial score (nSPS) is 12.4. The molecule has 1 aromatic carbocycles. The van der Waals surface area contributed by atoms with Gasteiger partial charge >= 0.3 is 0 Å². The van der Waals surface area contributed by atoms with Crippen molar-refractivity contribution in [2.75, 3.05) is 0 Å². The Morgan fingerprint density at radius 2 is 1.76 bits per heavy atom. The fraction of sp³-hybridized carbons (Fsp3) is 0.267. The molecule has 1 atom stereocenters. The third-order valence-electron chi connectivity index (χ3n) is 3.06. The van der Waals surface area contributed by atoms with Gasteiger partial charge in [-0.1, -0.05) is 18.2 Å². The van der Waals surface area contributed by atoms with Gasteiger partial charge in [-0.15, -0.1) is 11.6 Å². The van der Waals surface area contributed by atoms with Crippen molar-refractivity contribution >= 4 is 11.6 Å². The zero-order valence-electron chi connectivity index (χ0n) is 10.2. The van der Waals surface area contributed by atoms with Crippen LogP contribution in [0.2, 0.25) is 0 Å². The van der Waals surface area contributed by atoms with Gasteiger partial charge in [0, 0.05) is 12.4 Å². The Balaban J connectivity index is 2.14. The van der Waals surface area contributed by atoms with Crippen molar-refractivity contribution in [3.8, 4) is 0 Å². The number of halogens is 1. The summed E-state index contributed by atoms with van der Waals surface area (Å²) in [5.74, 6) is 0. The predicted octanol–water partition coefficient (Wildman–Crippen LogP) is 4.22. The van der Waals surface area contributed by atoms with Gasteiger partial charge in [0.25, 0.3) is 0 Å². The minimum Gasteiger partial charge on any atom is -0.265 e. The summed E-state index contributed by atoms with van der Waals surface area (Å²) < 4.78 is 0. The predicted molar refractivity (Wildman–Crippen MR) is 72.5 cm³/mol. The van der Waals surface area contributed by atoms with Crippen molar-refractivity contribution in [1.82, 2.24) is 4.98 Å². The Morgan fingerprint density at radius 1 is 1.06 bits per heavy atom. The molecule has 0 aliphatic heterocycles. The molecule has 1 nitrogen and oxygen atoms in total. The summed E-state index contributed by atoms with van der Waals surface area (Å²) >= 11 is 6.44. The Kier molecular flexibility index (Phi) is 3.80. The van der Waals surface area contributed by atoms with E-state index >= 15 is 0 Å². The van der Waals surface area contributed by atoms with Crippen molar-refractivity contribution in [3.63, 3.8) is 0 Å². The summed E-state index contributed by atoms with van der Waals surface area (Å²) in [6, 6.07) is 10.4. The van der Waals surface area contributed by atoms with Crippen LogP contribution in [0.4, 0.5) is 0 Å². The zero-order chi connectivity index (χ0) is 12.3. The van der Waals surface area contributed by atoms with Crippen LogP contribution in [0.1, 0.15) is 27.6 Å². The first-order valence-electron chi connectivity index (χ1n) is 5.77. The van der Waals surface area contributed by atoms with Crippen molar-refractivity contribution < 1.29 is 0 Å². The van der Waals surface area contributed by atoms with E-state index in [-0.39, 0.29) is 5.38 Å². The number of hydrogen-bond donors (Lipinski definition) is 0. The maximum absolute atomic E-state index is 6.44. The average molecular weight is 246 g/mol. The lowest BCUT2D eigenvalue weighted by Gasteiger charge is -2.11. The fourth-order valence-corrected chi connectivity index (χ4v) is 2.12. The molecular weight excluding hydrogens is 230 g/mol. The molecule has 88 valence electrons. The molecule has 0 fully saturated rings. The molecule has 0 radical (unpaired) electrons. The van der Waals surface area contributed by atoms with Crippen molar-refractivity contribution in [2.45, 2.75) is 25.6 Å². The van der Waals surface area contributed by atoms with Gasteiger partial charge in [-0.3, -0.25) is 4.98 Å². The SMILES string of the molecule is Cc1ccc(C(Cl)Cc2ccncc2)cc1C. The van der Waals surface area contributed by atoms with Crippen LogP contribution in [0.25, 0.3) is 0 Å². The molecule has 2 aromatic rings. The van der Waals surface area contributed by atoms with Gasteiger partial charge in [-0.05, 0) is 54.7 Å². The van der Waals surface area contributed by atoms with E-state index in [0.29, 0.717) is 0 Å². The molecule has 1 heterocycles. The second-order valence-electron chi connectivity index (χ2n) is 4.37. The van der Waals surface area contributed by atoms with E-state index in [1.54, 1.807) is 12.4 Å². The zero-order valence-corrected chi connectivity index (χ0v) is 10.9. The average Bonchev–Trinajstić information content (AvgIpc) is 2.34. The van der Waals surface area contributed by atoms with Gasteiger partial charge in [-0.2, -0.15) is 0 Å². The van der Waals surface area contributed by atoms with Crippen LogP contribution in [0.5, 0.6) is 0 Å². The molecule has 2 heteroatoms. The van der Waals surface area contributed by atoms with Gasteiger partial charge in [0.1, 0.15) is 0 Å². The molecule has 0 spiro atoms. The minimum absolute atomic E-state index is 0.0247. The first kappa shape index (κ1) is 12.1. The Hall–Kier alpha value is -1.34. The largest absolute Gasteiger partial charge is 0.265 e. The smallest absolute Gasteiger partial charge is 0.0625 e. The summed E-state index contributed by atoms with van der Waals surface area (Å²) in [5, 5.41) is 0.0247. The van der Waals surface area contributed by atoms with E-state index in [1.807, 2.05) is 12.1 Å². The van der Waals surface area contributed by atoms with E-state index in [2.05, 4.69) is 37.0 Å². The summed E-state index contributed by atoms with van der Waals surface area (Å²) in [4.78, 5) is 4.01. The van der Waals surface area contributed by atoms with E-state index in [4.69, 9.17) is 11.6 Å². The molecule has 0 N–H and O–H groups in total. The van der Waals surface area contributed by atoms with Crippen molar-refractivity contribution in [1.29, 1.82) is 0 Å². The van der Waals surface area contributed by atoms with Crippen molar-refractivity contribution in [2.24, 2.45) is 0 Å². The van der Waals surface area contributed by atoms with E-state index in [1.165, 1.54) is 22.3 Å². The van der Waals surface area contributed by atoms with Crippen LogP contribution in [0.15, 0.2) is 42.7 Å². The Bertz CT molecular complexity index is 494. The van der Waals surface area contributed by atoms with Gasteiger partial charge in [0.05, 0.1) is 5.38 Å². The van der Waals surface area contributed by atoms with E-state index < -0.39 is 0 Å². The monoisotopic (exact) mass is 245 g/mol. The van der Waals surface area contributed by atoms with Gasteiger partial charge < -0.3 is 0 Å². The lowest BCUT2D eigenvalue weighted by atomic mass is 10.0. The molecule has 1 aromatic heterocycles. The van der Waals surface area contributed by atoms with Gasteiger partial charge in [-0.25, -0.2) is 0 Å². The Labute approximate surface area is 107 Å². The molecule has 0 bridgehead atoms. The summed E-state index contributed by atoms with van der Waals surface area (Å²) in [7, 11) is 0. The molecule has 0 saturated carbocycles. The fourth-order valence-electron chi connectivity index (χ4n) is 1.80. The molecule has 0 aliphatic carbocycles. The van der Waals surface area contributed by atoms with Gasteiger partial charge in [0.15, 0.2) is 0 Å². The van der Waals surface area contributed by atoms with E-state index in [9.17, 15) is 0 Å². The summed E-state index contributed by atoms with van der Waals surface area (Å²) in [6.07, 6.45) is 4.45. The van der Waals surface area contributed by atoms with Crippen LogP contribution >= 0.6 is 11.6 Å². The first-order valence-corrected chi connectivity index (χ1v) is 6.20. The van der Waals surface area contributed by atoms with Crippen LogP contribution in [0, 0.1) is 13.8 Å². The molecule has 0 saturated heterocycles. The summed E-state index contributed by atoms with van der Waals surface area (Å²) in [6.45, 7) is 4.24. The van der Waals surface area contributed by atoms with Crippen molar-refractivity contribution in [3.05, 3.63) is 65.0 Å². The van der Waals surface area contributed by atoms with E-state index in [0.717, 1.165) is 6.42 Å². The number of aryl methyl sites for hydroxylation is 2. The third kappa shape index (κ3) is 3.07. The Morgan fingerprint density at radius 3 is 2.41 bits per heavy atom. The number of benzene rings is 1. The number of rotatable bonds is 3. The van der Waals surface area contributed by atoms with Gasteiger partial charge in [0.2, 0.25) is 0 Å². The second kappa shape index (κ2) is 5.33. The maximum atomic E-state index is 6.44. The first-order chi connectivity index (χ1) is 8.16. The lowest BCUT2D eigenvalue weighted by molar-refractivity contribution is 0.913. The van der Waals surface area contributed by atoms with Crippen LogP contribution in [-0.4, -0.2) is 4.98 Å². The molecule has 1 unspecified atom stereocenters. The summed E-state index contributed by atoms with van der Waals surface area (Å²) in [5.41, 5.74) is 5.01. The molecule has 0 aliphatic rings. The minimum atomic E-state index is 0.0247. The number of hydrogen-bond acceptors (Lipinski definition) is 1. The molecule has 0 amide bonds.